The van der Waals surface area contributed by atoms with Crippen molar-refractivity contribution in [3.05, 3.63) is 98.8 Å². The fourth-order valence-electron chi connectivity index (χ4n) is 3.92. The molecule has 0 saturated heterocycles. The first-order valence-corrected chi connectivity index (χ1v) is 11.6. The number of carbonyl (C=O) groups is 2. The lowest BCUT2D eigenvalue weighted by molar-refractivity contribution is -0.00737. The molecule has 0 spiro atoms. The molecule has 4 rings (SSSR count). The zero-order chi connectivity index (χ0) is 25.2. The number of imide groups is 1. The van der Waals surface area contributed by atoms with E-state index in [1.54, 1.807) is 49.5 Å². The molecule has 1 unspecified atom stereocenters. The van der Waals surface area contributed by atoms with Gasteiger partial charge in [-0.1, -0.05) is 40.5 Å². The van der Waals surface area contributed by atoms with Gasteiger partial charge in [-0.05, 0) is 67.4 Å². The first-order chi connectivity index (χ1) is 16.7. The van der Waals surface area contributed by atoms with E-state index in [-0.39, 0.29) is 6.54 Å². The van der Waals surface area contributed by atoms with Crippen LogP contribution in [0.2, 0.25) is 10.0 Å². The number of benzene rings is 2. The predicted octanol–water partition coefficient (Wildman–Crippen LogP) is 6.15. The Morgan fingerprint density at radius 2 is 1.86 bits per heavy atom. The van der Waals surface area contributed by atoms with Gasteiger partial charge in [-0.3, -0.25) is 9.78 Å². The van der Waals surface area contributed by atoms with Gasteiger partial charge in [0.25, 0.3) is 5.91 Å². The lowest BCUT2D eigenvalue weighted by Gasteiger charge is -2.22. The van der Waals surface area contributed by atoms with Gasteiger partial charge in [0.15, 0.2) is 5.60 Å². The quantitative estimate of drug-likeness (QED) is 0.410. The van der Waals surface area contributed by atoms with Gasteiger partial charge in [-0.2, -0.15) is 0 Å². The van der Waals surface area contributed by atoms with E-state index in [9.17, 15) is 9.59 Å². The number of pyridine rings is 1. The monoisotopic (exact) mass is 511 g/mol. The first kappa shape index (κ1) is 24.7. The summed E-state index contributed by atoms with van der Waals surface area (Å²) in [6.45, 7) is 3.72. The predicted molar refractivity (Wildman–Crippen MR) is 134 cm³/mol. The number of nitrogens with zero attached hydrogens (tertiary/aromatic N) is 3. The fraction of sp³-hybridized carbons (Fsp3) is 0.231. The van der Waals surface area contributed by atoms with Crippen molar-refractivity contribution in [3.63, 3.8) is 0 Å². The number of hydrogen-bond donors (Lipinski definition) is 0. The normalized spacial score (nSPS) is 16.9. The van der Waals surface area contributed by atoms with Crippen molar-refractivity contribution < 1.29 is 19.2 Å². The maximum absolute atomic E-state index is 13.3. The van der Waals surface area contributed by atoms with Crippen LogP contribution in [0.25, 0.3) is 0 Å². The number of hydrogen-bond acceptors (Lipinski definition) is 6. The van der Waals surface area contributed by atoms with Crippen LogP contribution in [-0.4, -0.2) is 34.7 Å². The van der Waals surface area contributed by atoms with E-state index < -0.39 is 17.6 Å². The molecular weight excluding hydrogens is 489 g/mol. The molecule has 0 radical (unpaired) electrons. The van der Waals surface area contributed by atoms with Crippen LogP contribution in [0.4, 0.5) is 4.79 Å². The van der Waals surface area contributed by atoms with Crippen molar-refractivity contribution in [1.29, 1.82) is 0 Å². The first-order valence-electron chi connectivity index (χ1n) is 10.8. The number of methoxy groups -OCH3 is 1. The number of ether oxygens (including phenoxy) is 1. The summed E-state index contributed by atoms with van der Waals surface area (Å²) < 4.78 is 4.84. The standard InChI is InChI=1S/C26H23Cl2N3O4/c1-16-10-17(23-14-26(2,35-30-23)18-11-19(27)13-20(28)12-18)7-8-22(16)24(32)31(25(33)34-3)15-21-6-4-5-9-29-21/h4-13H,14-15H2,1-3H3. The summed E-state index contributed by atoms with van der Waals surface area (Å²) in [7, 11) is 1.24. The average molecular weight is 512 g/mol. The molecule has 1 atom stereocenters. The third kappa shape index (κ3) is 5.31. The van der Waals surface area contributed by atoms with Crippen LogP contribution in [-0.2, 0) is 21.7 Å². The summed E-state index contributed by atoms with van der Waals surface area (Å²) in [4.78, 5) is 36.7. The number of aromatic nitrogens is 1. The molecule has 0 N–H and O–H groups in total. The van der Waals surface area contributed by atoms with Crippen LogP contribution >= 0.6 is 23.2 Å². The molecule has 35 heavy (non-hydrogen) atoms. The third-order valence-corrected chi connectivity index (χ3v) is 6.25. The molecule has 0 fully saturated rings. The van der Waals surface area contributed by atoms with E-state index in [1.807, 2.05) is 25.1 Å². The van der Waals surface area contributed by atoms with E-state index >= 15 is 0 Å². The second-order valence-electron chi connectivity index (χ2n) is 8.41. The summed E-state index contributed by atoms with van der Waals surface area (Å²) in [5.41, 5.74) is 3.26. The molecule has 2 amide bonds. The second kappa shape index (κ2) is 10.1. The Hall–Kier alpha value is -3.42. The zero-order valence-corrected chi connectivity index (χ0v) is 20.9. The van der Waals surface area contributed by atoms with Gasteiger partial charge in [0.2, 0.25) is 0 Å². The largest absolute Gasteiger partial charge is 0.452 e. The van der Waals surface area contributed by atoms with Gasteiger partial charge in [-0.15, -0.1) is 0 Å². The Bertz CT molecular complexity index is 1290. The van der Waals surface area contributed by atoms with E-state index in [0.29, 0.717) is 33.3 Å². The molecule has 9 heteroatoms. The van der Waals surface area contributed by atoms with Crippen LogP contribution in [0.5, 0.6) is 0 Å². The van der Waals surface area contributed by atoms with Crippen LogP contribution in [0.1, 0.15) is 46.1 Å². The van der Waals surface area contributed by atoms with Gasteiger partial charge in [0.1, 0.15) is 0 Å². The molecule has 180 valence electrons. The Labute approximate surface area is 213 Å². The summed E-state index contributed by atoms with van der Waals surface area (Å²) in [5.74, 6) is -0.477. The maximum atomic E-state index is 13.3. The Balaban J connectivity index is 1.56. The minimum Gasteiger partial charge on any atom is -0.452 e. The number of aryl methyl sites for hydroxylation is 1. The highest BCUT2D eigenvalue weighted by molar-refractivity contribution is 6.34. The average Bonchev–Trinajstić information content (AvgIpc) is 3.25. The molecular formula is C26H23Cl2N3O4. The summed E-state index contributed by atoms with van der Waals surface area (Å²) >= 11 is 12.3. The van der Waals surface area contributed by atoms with Crippen LogP contribution < -0.4 is 0 Å². The van der Waals surface area contributed by atoms with Crippen LogP contribution in [0.3, 0.4) is 0 Å². The van der Waals surface area contributed by atoms with Gasteiger partial charge in [0, 0.05) is 33.8 Å². The SMILES string of the molecule is COC(=O)N(Cc1ccccn1)C(=O)c1ccc(C2=NOC(C)(c3cc(Cl)cc(Cl)c3)C2)cc1C. The van der Waals surface area contributed by atoms with E-state index in [4.69, 9.17) is 32.8 Å². The highest BCUT2D eigenvalue weighted by atomic mass is 35.5. The molecule has 0 saturated carbocycles. The molecule has 2 heterocycles. The van der Waals surface area contributed by atoms with Crippen molar-refractivity contribution >= 4 is 40.9 Å². The zero-order valence-electron chi connectivity index (χ0n) is 19.4. The lowest BCUT2D eigenvalue weighted by atomic mass is 9.88. The maximum Gasteiger partial charge on any atom is 0.416 e. The third-order valence-electron chi connectivity index (χ3n) is 5.81. The molecule has 0 aliphatic carbocycles. The van der Waals surface area contributed by atoms with Crippen molar-refractivity contribution in [2.24, 2.45) is 5.16 Å². The molecule has 3 aromatic rings. The molecule has 1 aliphatic heterocycles. The van der Waals surface area contributed by atoms with Crippen molar-refractivity contribution in [1.82, 2.24) is 9.88 Å². The van der Waals surface area contributed by atoms with Gasteiger partial charge >= 0.3 is 6.09 Å². The Morgan fingerprint density at radius 1 is 1.11 bits per heavy atom. The van der Waals surface area contributed by atoms with Gasteiger partial charge in [-0.25, -0.2) is 9.69 Å². The number of amides is 2. The topological polar surface area (TPSA) is 81.1 Å². The lowest BCUT2D eigenvalue weighted by Crippen LogP contribution is -2.37. The van der Waals surface area contributed by atoms with E-state index in [1.165, 1.54) is 7.11 Å². The fourth-order valence-corrected chi connectivity index (χ4v) is 4.45. The summed E-state index contributed by atoms with van der Waals surface area (Å²) in [6.07, 6.45) is 1.34. The van der Waals surface area contributed by atoms with Crippen molar-refractivity contribution in [2.45, 2.75) is 32.4 Å². The number of carbonyl (C=O) groups excluding carboxylic acids is 2. The molecule has 0 bridgehead atoms. The van der Waals surface area contributed by atoms with Crippen molar-refractivity contribution in [3.8, 4) is 0 Å². The van der Waals surface area contributed by atoms with Gasteiger partial charge in [0.05, 0.1) is 25.1 Å². The number of halogens is 2. The molecule has 2 aromatic carbocycles. The second-order valence-corrected chi connectivity index (χ2v) is 9.28. The molecule has 1 aromatic heterocycles. The van der Waals surface area contributed by atoms with E-state index in [2.05, 4.69) is 10.1 Å². The highest BCUT2D eigenvalue weighted by Gasteiger charge is 2.37. The van der Waals surface area contributed by atoms with E-state index in [0.717, 1.165) is 21.7 Å². The van der Waals surface area contributed by atoms with Gasteiger partial charge < -0.3 is 9.57 Å². The minimum absolute atomic E-state index is 0.00532. The smallest absolute Gasteiger partial charge is 0.416 e. The summed E-state index contributed by atoms with van der Waals surface area (Å²) in [6, 6.07) is 15.9. The number of oxime groups is 1. The minimum atomic E-state index is -0.756. The number of rotatable bonds is 5. The van der Waals surface area contributed by atoms with Crippen molar-refractivity contribution in [2.75, 3.05) is 7.11 Å². The Kier molecular flexibility index (Phi) is 7.10. The van der Waals surface area contributed by atoms with Crippen LogP contribution in [0, 0.1) is 6.92 Å². The highest BCUT2D eigenvalue weighted by Crippen LogP contribution is 2.38. The molecule has 7 nitrogen and oxygen atoms in total. The summed E-state index contributed by atoms with van der Waals surface area (Å²) in [5, 5.41) is 5.33. The van der Waals surface area contributed by atoms with Crippen LogP contribution in [0.15, 0.2) is 65.9 Å². The molecule has 1 aliphatic rings. The Morgan fingerprint density at radius 3 is 2.49 bits per heavy atom.